The summed E-state index contributed by atoms with van der Waals surface area (Å²) < 4.78 is 5.31. The lowest BCUT2D eigenvalue weighted by molar-refractivity contribution is 0.245. The van der Waals surface area contributed by atoms with Gasteiger partial charge in [-0.3, -0.25) is 4.90 Å². The Morgan fingerprint density at radius 3 is 2.58 bits per heavy atom. The molecule has 1 atom stereocenters. The largest absolute Gasteiger partial charge is 0.496 e. The summed E-state index contributed by atoms with van der Waals surface area (Å²) >= 11 is 0. The normalized spacial score (nSPS) is 12.7. The van der Waals surface area contributed by atoms with Crippen LogP contribution >= 0.6 is 0 Å². The zero-order chi connectivity index (χ0) is 14.3. The van der Waals surface area contributed by atoms with Gasteiger partial charge in [0.15, 0.2) is 0 Å². The van der Waals surface area contributed by atoms with Crippen LogP contribution in [-0.2, 0) is 0 Å². The second kappa shape index (κ2) is 8.18. The highest BCUT2D eigenvalue weighted by atomic mass is 16.5. The third kappa shape index (κ3) is 4.51. The van der Waals surface area contributed by atoms with Gasteiger partial charge in [0.2, 0.25) is 0 Å². The molecule has 0 heterocycles. The average molecular weight is 264 g/mol. The van der Waals surface area contributed by atoms with E-state index in [1.165, 1.54) is 30.4 Å². The Kier molecular flexibility index (Phi) is 6.89. The van der Waals surface area contributed by atoms with Gasteiger partial charge in [0.1, 0.15) is 5.75 Å². The van der Waals surface area contributed by atoms with Crippen molar-refractivity contribution >= 4 is 0 Å². The van der Waals surface area contributed by atoms with Crippen molar-refractivity contribution in [2.75, 3.05) is 27.2 Å². The molecule has 2 N–H and O–H groups in total. The minimum Gasteiger partial charge on any atom is -0.496 e. The highest BCUT2D eigenvalue weighted by Gasteiger charge is 2.15. The van der Waals surface area contributed by atoms with Crippen molar-refractivity contribution in [1.29, 1.82) is 0 Å². The number of nitrogens with zero attached hydrogens (tertiary/aromatic N) is 1. The fourth-order valence-electron chi connectivity index (χ4n) is 2.45. The number of likely N-dealkylation sites (N-methyl/N-ethyl adjacent to an activating group) is 1. The third-order valence-corrected chi connectivity index (χ3v) is 3.67. The maximum absolute atomic E-state index is 5.96. The van der Waals surface area contributed by atoms with E-state index < -0.39 is 0 Å². The average Bonchev–Trinajstić information content (AvgIpc) is 2.40. The molecule has 0 spiro atoms. The van der Waals surface area contributed by atoms with Crippen LogP contribution < -0.4 is 10.5 Å². The van der Waals surface area contributed by atoms with Gasteiger partial charge in [-0.25, -0.2) is 0 Å². The lowest BCUT2D eigenvalue weighted by Gasteiger charge is -2.27. The summed E-state index contributed by atoms with van der Waals surface area (Å²) in [6.07, 6.45) is 3.77. The summed E-state index contributed by atoms with van der Waals surface area (Å²) in [4.78, 5) is 2.36. The van der Waals surface area contributed by atoms with E-state index >= 15 is 0 Å². The summed E-state index contributed by atoms with van der Waals surface area (Å²) in [6.45, 7) is 6.05. The van der Waals surface area contributed by atoms with Gasteiger partial charge in [0.25, 0.3) is 0 Å². The minimum absolute atomic E-state index is 0.293. The number of ether oxygens (including phenoxy) is 1. The summed E-state index contributed by atoms with van der Waals surface area (Å²) in [5.74, 6) is 0.938. The van der Waals surface area contributed by atoms with Gasteiger partial charge >= 0.3 is 0 Å². The molecule has 3 nitrogen and oxygen atoms in total. The van der Waals surface area contributed by atoms with Gasteiger partial charge in [0, 0.05) is 12.6 Å². The minimum atomic E-state index is 0.293. The van der Waals surface area contributed by atoms with Crippen LogP contribution in [0.4, 0.5) is 0 Å². The molecule has 0 radical (unpaired) electrons. The maximum atomic E-state index is 5.96. The van der Waals surface area contributed by atoms with Crippen LogP contribution in [0.1, 0.15) is 43.4 Å². The number of unbranched alkanes of at least 4 members (excludes halogenated alkanes) is 2. The topological polar surface area (TPSA) is 38.5 Å². The highest BCUT2D eigenvalue weighted by Crippen LogP contribution is 2.25. The summed E-state index contributed by atoms with van der Waals surface area (Å²) in [5.41, 5.74) is 8.40. The quantitative estimate of drug-likeness (QED) is 0.733. The second-order valence-corrected chi connectivity index (χ2v) is 5.17. The first kappa shape index (κ1) is 16.0. The van der Waals surface area contributed by atoms with Gasteiger partial charge in [-0.15, -0.1) is 0 Å². The first-order valence-electron chi connectivity index (χ1n) is 7.18. The molecule has 0 bridgehead atoms. The zero-order valence-corrected chi connectivity index (χ0v) is 12.8. The van der Waals surface area contributed by atoms with Crippen LogP contribution in [0.5, 0.6) is 5.75 Å². The molecule has 3 heteroatoms. The Hall–Kier alpha value is -1.06. The van der Waals surface area contributed by atoms with Crippen molar-refractivity contribution in [3.8, 4) is 5.75 Å². The molecule has 0 saturated carbocycles. The standard InChI is InChI=1S/C16H28N2O/c1-5-6-7-10-18(3)15(12-17)14-8-9-16(19-4)13(2)11-14/h8-9,11,15H,5-7,10,12,17H2,1-4H3. The Morgan fingerprint density at radius 1 is 1.32 bits per heavy atom. The number of benzene rings is 1. The van der Waals surface area contributed by atoms with Crippen LogP contribution in [0, 0.1) is 6.92 Å². The molecule has 108 valence electrons. The van der Waals surface area contributed by atoms with Gasteiger partial charge in [-0.1, -0.05) is 31.9 Å². The molecule has 0 aromatic heterocycles. The Bertz CT molecular complexity index is 379. The predicted molar refractivity (Wildman–Crippen MR) is 81.7 cm³/mol. The molecule has 0 amide bonds. The molecule has 1 aromatic carbocycles. The number of hydrogen-bond acceptors (Lipinski definition) is 3. The molecule has 0 aliphatic carbocycles. The third-order valence-electron chi connectivity index (χ3n) is 3.67. The highest BCUT2D eigenvalue weighted by molar-refractivity contribution is 5.37. The van der Waals surface area contributed by atoms with Crippen LogP contribution in [0.2, 0.25) is 0 Å². The molecule has 0 aliphatic heterocycles. The summed E-state index contributed by atoms with van der Waals surface area (Å²) in [7, 11) is 3.87. The van der Waals surface area contributed by atoms with E-state index in [1.54, 1.807) is 7.11 Å². The van der Waals surface area contributed by atoms with Crippen molar-refractivity contribution < 1.29 is 4.74 Å². The fraction of sp³-hybridized carbons (Fsp3) is 0.625. The van der Waals surface area contributed by atoms with Crippen molar-refractivity contribution in [2.45, 2.75) is 39.2 Å². The second-order valence-electron chi connectivity index (χ2n) is 5.17. The number of methoxy groups -OCH3 is 1. The molecule has 0 fully saturated rings. The fourth-order valence-corrected chi connectivity index (χ4v) is 2.45. The van der Waals surface area contributed by atoms with Crippen LogP contribution in [0.15, 0.2) is 18.2 Å². The van der Waals surface area contributed by atoms with E-state index in [-0.39, 0.29) is 0 Å². The lowest BCUT2D eigenvalue weighted by atomic mass is 10.0. The van der Waals surface area contributed by atoms with Gasteiger partial charge < -0.3 is 10.5 Å². The molecule has 1 aromatic rings. The number of rotatable bonds is 8. The van der Waals surface area contributed by atoms with Crippen molar-refractivity contribution in [3.05, 3.63) is 29.3 Å². The first-order chi connectivity index (χ1) is 9.13. The van der Waals surface area contributed by atoms with Crippen LogP contribution in [0.3, 0.4) is 0 Å². The van der Waals surface area contributed by atoms with E-state index in [9.17, 15) is 0 Å². The Labute approximate surface area is 117 Å². The van der Waals surface area contributed by atoms with E-state index in [1.807, 2.05) is 6.07 Å². The Balaban J connectivity index is 2.75. The molecule has 19 heavy (non-hydrogen) atoms. The van der Waals surface area contributed by atoms with E-state index in [0.717, 1.165) is 12.3 Å². The Morgan fingerprint density at radius 2 is 2.05 bits per heavy atom. The number of hydrogen-bond donors (Lipinski definition) is 1. The molecule has 1 rings (SSSR count). The molecule has 1 unspecified atom stereocenters. The van der Waals surface area contributed by atoms with Crippen LogP contribution in [0.25, 0.3) is 0 Å². The zero-order valence-electron chi connectivity index (χ0n) is 12.8. The summed E-state index contributed by atoms with van der Waals surface area (Å²) in [5, 5.41) is 0. The van der Waals surface area contributed by atoms with Gasteiger partial charge in [-0.05, 0) is 44.1 Å². The van der Waals surface area contributed by atoms with Crippen LogP contribution in [-0.4, -0.2) is 32.1 Å². The molecular weight excluding hydrogens is 236 g/mol. The first-order valence-corrected chi connectivity index (χ1v) is 7.18. The summed E-state index contributed by atoms with van der Waals surface area (Å²) in [6, 6.07) is 6.64. The predicted octanol–water partition coefficient (Wildman–Crippen LogP) is 3.13. The maximum Gasteiger partial charge on any atom is 0.121 e. The number of aryl methyl sites for hydroxylation is 1. The molecule has 0 aliphatic rings. The van der Waals surface area contributed by atoms with Gasteiger partial charge in [-0.2, -0.15) is 0 Å². The molecular formula is C16H28N2O. The monoisotopic (exact) mass is 264 g/mol. The lowest BCUT2D eigenvalue weighted by Crippen LogP contribution is -2.31. The SMILES string of the molecule is CCCCCN(C)C(CN)c1ccc(OC)c(C)c1. The van der Waals surface area contributed by atoms with Crippen molar-refractivity contribution in [2.24, 2.45) is 5.73 Å². The number of nitrogens with two attached hydrogens (primary N) is 1. The smallest absolute Gasteiger partial charge is 0.121 e. The van der Waals surface area contributed by atoms with E-state index in [4.69, 9.17) is 10.5 Å². The van der Waals surface area contributed by atoms with Gasteiger partial charge in [0.05, 0.1) is 7.11 Å². The van der Waals surface area contributed by atoms with Crippen molar-refractivity contribution in [1.82, 2.24) is 4.90 Å². The van der Waals surface area contributed by atoms with E-state index in [0.29, 0.717) is 12.6 Å². The van der Waals surface area contributed by atoms with Crippen molar-refractivity contribution in [3.63, 3.8) is 0 Å². The van der Waals surface area contributed by atoms with E-state index in [2.05, 4.69) is 37.9 Å². The molecule has 0 saturated heterocycles.